The molecule has 0 saturated carbocycles. The number of benzene rings is 2. The zero-order chi connectivity index (χ0) is 22.2. The van der Waals surface area contributed by atoms with Gasteiger partial charge in [-0.15, -0.1) is 0 Å². The fourth-order valence-corrected chi connectivity index (χ4v) is 4.61. The van der Waals surface area contributed by atoms with Crippen molar-refractivity contribution in [1.29, 1.82) is 0 Å². The van der Waals surface area contributed by atoms with E-state index in [9.17, 15) is 18.8 Å². The molecule has 1 N–H and O–H groups in total. The second-order valence-electron chi connectivity index (χ2n) is 8.28. The molecule has 2 atom stereocenters. The summed E-state index contributed by atoms with van der Waals surface area (Å²) in [6.07, 6.45) is 2.64. The van der Waals surface area contributed by atoms with Crippen LogP contribution in [-0.2, 0) is 21.5 Å². The summed E-state index contributed by atoms with van der Waals surface area (Å²) in [7, 11) is 0. The standard InChI is InChI=1S/C24H26FN3O3/c1-3-4-13-24(18-9-11-19(25)12-10-18)22(30)27(23(31)26-24)15-21(29)28-16(2)14-17-7-5-6-8-20(17)28/h5-12,16H,3-4,13-15H2,1-2H3,(H,26,31)/t16-,24-/m1/s1. The number of nitrogens with zero attached hydrogens (tertiary/aromatic N) is 2. The molecule has 0 aromatic heterocycles. The van der Waals surface area contributed by atoms with Gasteiger partial charge in [0, 0.05) is 11.7 Å². The van der Waals surface area contributed by atoms with Gasteiger partial charge in [0.15, 0.2) is 0 Å². The number of imide groups is 1. The summed E-state index contributed by atoms with van der Waals surface area (Å²) in [4.78, 5) is 42.2. The Morgan fingerprint density at radius 2 is 1.87 bits per heavy atom. The number of anilines is 1. The van der Waals surface area contributed by atoms with Gasteiger partial charge in [-0.2, -0.15) is 0 Å². The largest absolute Gasteiger partial charge is 0.325 e. The van der Waals surface area contributed by atoms with E-state index in [-0.39, 0.29) is 18.5 Å². The number of halogens is 1. The van der Waals surface area contributed by atoms with Crippen LogP contribution >= 0.6 is 0 Å². The van der Waals surface area contributed by atoms with Crippen LogP contribution in [-0.4, -0.2) is 35.3 Å². The van der Waals surface area contributed by atoms with Crippen molar-refractivity contribution in [3.63, 3.8) is 0 Å². The third kappa shape index (κ3) is 3.58. The summed E-state index contributed by atoms with van der Waals surface area (Å²) in [5.74, 6) is -1.18. The number of carbonyl (C=O) groups excluding carboxylic acids is 3. The van der Waals surface area contributed by atoms with Crippen LogP contribution in [0.4, 0.5) is 14.9 Å². The Morgan fingerprint density at radius 1 is 1.16 bits per heavy atom. The van der Waals surface area contributed by atoms with E-state index in [1.54, 1.807) is 4.90 Å². The lowest BCUT2D eigenvalue weighted by molar-refractivity contribution is -0.135. The fourth-order valence-electron chi connectivity index (χ4n) is 4.61. The Labute approximate surface area is 181 Å². The van der Waals surface area contributed by atoms with Gasteiger partial charge in [-0.05, 0) is 49.1 Å². The van der Waals surface area contributed by atoms with Crippen molar-refractivity contribution in [2.24, 2.45) is 0 Å². The molecule has 2 aromatic rings. The van der Waals surface area contributed by atoms with Crippen molar-refractivity contribution in [2.45, 2.75) is 51.1 Å². The molecule has 0 bridgehead atoms. The monoisotopic (exact) mass is 423 g/mol. The molecule has 162 valence electrons. The van der Waals surface area contributed by atoms with Crippen LogP contribution < -0.4 is 10.2 Å². The molecule has 2 aliphatic heterocycles. The highest BCUT2D eigenvalue weighted by molar-refractivity contribution is 6.11. The first kappa shape index (κ1) is 21.0. The molecule has 0 spiro atoms. The Morgan fingerprint density at radius 3 is 2.58 bits per heavy atom. The molecule has 0 radical (unpaired) electrons. The molecular weight excluding hydrogens is 397 g/mol. The molecule has 31 heavy (non-hydrogen) atoms. The Balaban J connectivity index is 1.61. The number of unbranched alkanes of at least 4 members (excludes halogenated alkanes) is 1. The molecule has 1 saturated heterocycles. The molecular formula is C24H26FN3O3. The SMILES string of the molecule is CCCC[C@]1(c2ccc(F)cc2)NC(=O)N(CC(=O)N2c3ccccc3C[C@H]2C)C1=O. The highest BCUT2D eigenvalue weighted by atomic mass is 19.1. The van der Waals surface area contributed by atoms with Crippen LogP contribution in [0.15, 0.2) is 48.5 Å². The third-order valence-corrected chi connectivity index (χ3v) is 6.19. The maximum atomic E-state index is 13.5. The summed E-state index contributed by atoms with van der Waals surface area (Å²) in [6.45, 7) is 3.61. The minimum atomic E-state index is -1.28. The van der Waals surface area contributed by atoms with Gasteiger partial charge in [0.25, 0.3) is 5.91 Å². The Kier molecular flexibility index (Phi) is 5.52. The predicted octanol–water partition coefficient (Wildman–Crippen LogP) is 3.74. The average molecular weight is 423 g/mol. The second-order valence-corrected chi connectivity index (χ2v) is 8.28. The van der Waals surface area contributed by atoms with Gasteiger partial charge in [-0.25, -0.2) is 9.18 Å². The van der Waals surface area contributed by atoms with E-state index in [0.29, 0.717) is 18.4 Å². The molecule has 2 heterocycles. The summed E-state index contributed by atoms with van der Waals surface area (Å²) in [5, 5.41) is 2.81. The minimum absolute atomic E-state index is 0.0485. The number of hydrogen-bond donors (Lipinski definition) is 1. The van der Waals surface area contributed by atoms with Crippen LogP contribution in [0, 0.1) is 5.82 Å². The van der Waals surface area contributed by atoms with Crippen molar-refractivity contribution in [3.8, 4) is 0 Å². The van der Waals surface area contributed by atoms with Crippen LogP contribution in [0.2, 0.25) is 0 Å². The van der Waals surface area contributed by atoms with E-state index in [1.165, 1.54) is 24.3 Å². The van der Waals surface area contributed by atoms with Gasteiger partial charge in [-0.3, -0.25) is 14.5 Å². The summed E-state index contributed by atoms with van der Waals surface area (Å²) < 4.78 is 13.5. The Hall–Kier alpha value is -3.22. The maximum absolute atomic E-state index is 13.5. The van der Waals surface area contributed by atoms with E-state index < -0.39 is 23.3 Å². The normalized spacial score (nSPS) is 22.6. The van der Waals surface area contributed by atoms with E-state index >= 15 is 0 Å². The van der Waals surface area contributed by atoms with Crippen molar-refractivity contribution < 1.29 is 18.8 Å². The van der Waals surface area contributed by atoms with Crippen molar-refractivity contribution in [1.82, 2.24) is 10.2 Å². The predicted molar refractivity (Wildman–Crippen MR) is 115 cm³/mol. The Bertz CT molecular complexity index is 1020. The summed E-state index contributed by atoms with van der Waals surface area (Å²) in [6, 6.07) is 12.6. The van der Waals surface area contributed by atoms with Gasteiger partial charge >= 0.3 is 6.03 Å². The quantitative estimate of drug-likeness (QED) is 0.720. The van der Waals surface area contributed by atoms with Gasteiger partial charge in [0.2, 0.25) is 5.91 Å². The van der Waals surface area contributed by atoms with Gasteiger partial charge in [-0.1, -0.05) is 50.1 Å². The van der Waals surface area contributed by atoms with Crippen LogP contribution in [0.3, 0.4) is 0 Å². The maximum Gasteiger partial charge on any atom is 0.325 e. The molecule has 2 aliphatic rings. The van der Waals surface area contributed by atoms with Crippen molar-refractivity contribution in [2.75, 3.05) is 11.4 Å². The highest BCUT2D eigenvalue weighted by Crippen LogP contribution is 2.36. The number of urea groups is 1. The number of hydrogen-bond acceptors (Lipinski definition) is 3. The number of nitrogens with one attached hydrogen (secondary N) is 1. The third-order valence-electron chi connectivity index (χ3n) is 6.19. The van der Waals surface area contributed by atoms with Crippen molar-refractivity contribution >= 4 is 23.5 Å². The molecule has 2 aromatic carbocycles. The van der Waals surface area contributed by atoms with Gasteiger partial charge in [0.05, 0.1) is 0 Å². The zero-order valence-electron chi connectivity index (χ0n) is 17.7. The number of para-hydroxylation sites is 1. The molecule has 0 aliphatic carbocycles. The first-order valence-corrected chi connectivity index (χ1v) is 10.7. The average Bonchev–Trinajstić information content (AvgIpc) is 3.21. The summed E-state index contributed by atoms with van der Waals surface area (Å²) >= 11 is 0. The number of amides is 4. The molecule has 4 rings (SSSR count). The first-order valence-electron chi connectivity index (χ1n) is 10.7. The lowest BCUT2D eigenvalue weighted by Crippen LogP contribution is -2.47. The lowest BCUT2D eigenvalue weighted by Gasteiger charge is -2.28. The molecule has 1 fully saturated rings. The zero-order valence-corrected chi connectivity index (χ0v) is 17.7. The number of rotatable bonds is 6. The first-order chi connectivity index (χ1) is 14.9. The van der Waals surface area contributed by atoms with E-state index in [0.717, 1.165) is 29.0 Å². The van der Waals surface area contributed by atoms with Crippen LogP contribution in [0.1, 0.15) is 44.2 Å². The minimum Gasteiger partial charge on any atom is -0.319 e. The van der Waals surface area contributed by atoms with Gasteiger partial charge < -0.3 is 10.2 Å². The van der Waals surface area contributed by atoms with E-state index in [2.05, 4.69) is 5.32 Å². The van der Waals surface area contributed by atoms with E-state index in [4.69, 9.17) is 0 Å². The summed E-state index contributed by atoms with van der Waals surface area (Å²) in [5.41, 5.74) is 1.14. The van der Waals surface area contributed by atoms with E-state index in [1.807, 2.05) is 38.1 Å². The van der Waals surface area contributed by atoms with Gasteiger partial charge in [0.1, 0.15) is 17.9 Å². The smallest absolute Gasteiger partial charge is 0.319 e. The van der Waals surface area contributed by atoms with Crippen molar-refractivity contribution in [3.05, 3.63) is 65.5 Å². The molecule has 4 amide bonds. The lowest BCUT2D eigenvalue weighted by atomic mass is 9.85. The second kappa shape index (κ2) is 8.13. The molecule has 7 heteroatoms. The molecule has 0 unspecified atom stereocenters. The molecule has 6 nitrogen and oxygen atoms in total. The van der Waals surface area contributed by atoms with Crippen LogP contribution in [0.25, 0.3) is 0 Å². The number of fused-ring (bicyclic) bond motifs is 1. The van der Waals surface area contributed by atoms with Crippen LogP contribution in [0.5, 0.6) is 0 Å². The highest BCUT2D eigenvalue weighted by Gasteiger charge is 2.52. The number of carbonyl (C=O) groups is 3. The fraction of sp³-hybridized carbons (Fsp3) is 0.375. The topological polar surface area (TPSA) is 69.7 Å².